The van der Waals surface area contributed by atoms with Gasteiger partial charge in [-0.15, -0.1) is 0 Å². The second-order valence-electron chi connectivity index (χ2n) is 4.39. The fraction of sp³-hybridized carbons (Fsp3) is 0.188. The Kier molecular flexibility index (Phi) is 3.56. The van der Waals surface area contributed by atoms with E-state index in [0.29, 0.717) is 0 Å². The van der Waals surface area contributed by atoms with Gasteiger partial charge in [-0.1, -0.05) is 61.2 Å². The molecule has 2 nitrogen and oxygen atoms in total. The summed E-state index contributed by atoms with van der Waals surface area (Å²) in [6, 6.07) is 18.9. The molecule has 0 aliphatic carbocycles. The Morgan fingerprint density at radius 1 is 1.00 bits per heavy atom. The highest BCUT2D eigenvalue weighted by Gasteiger charge is 2.10. The smallest absolute Gasteiger partial charge is 0.169 e. The van der Waals surface area contributed by atoms with Crippen LogP contribution in [0.25, 0.3) is 11.0 Å². The minimum Gasteiger partial charge on any atom is -0.314 e. The zero-order valence-electron chi connectivity index (χ0n) is 10.9. The molecule has 19 heavy (non-hydrogen) atoms. The number of thioether (sulfide) groups is 1. The highest BCUT2D eigenvalue weighted by molar-refractivity contribution is 7.99. The quantitative estimate of drug-likeness (QED) is 0.660. The van der Waals surface area contributed by atoms with Gasteiger partial charge in [-0.3, -0.25) is 0 Å². The standard InChI is InChI=1S/C16H16N2S/c1-2-19-16-17-14-10-6-7-11-15(14)18(16)12-13-8-4-3-5-9-13/h3-11H,2,12H2,1H3. The highest BCUT2D eigenvalue weighted by Crippen LogP contribution is 2.24. The van der Waals surface area contributed by atoms with E-state index in [9.17, 15) is 0 Å². The summed E-state index contributed by atoms with van der Waals surface area (Å²) in [5.41, 5.74) is 3.60. The van der Waals surface area contributed by atoms with Crippen molar-refractivity contribution in [2.24, 2.45) is 0 Å². The molecular formula is C16H16N2S. The Morgan fingerprint density at radius 3 is 2.53 bits per heavy atom. The van der Waals surface area contributed by atoms with Gasteiger partial charge in [0.25, 0.3) is 0 Å². The lowest BCUT2D eigenvalue weighted by molar-refractivity contribution is 0.731. The number of imidazole rings is 1. The van der Waals surface area contributed by atoms with E-state index in [0.717, 1.165) is 23.0 Å². The van der Waals surface area contributed by atoms with E-state index in [1.807, 2.05) is 6.07 Å². The Labute approximate surface area is 117 Å². The average molecular weight is 268 g/mol. The number of aromatic nitrogens is 2. The third-order valence-electron chi connectivity index (χ3n) is 3.08. The van der Waals surface area contributed by atoms with E-state index in [2.05, 4.69) is 60.0 Å². The molecule has 96 valence electrons. The summed E-state index contributed by atoms with van der Waals surface area (Å²) in [6.45, 7) is 3.04. The van der Waals surface area contributed by atoms with Gasteiger partial charge in [0.15, 0.2) is 5.16 Å². The molecule has 0 radical (unpaired) electrons. The summed E-state index contributed by atoms with van der Waals surface area (Å²) in [6.07, 6.45) is 0. The van der Waals surface area contributed by atoms with E-state index < -0.39 is 0 Å². The van der Waals surface area contributed by atoms with Crippen molar-refractivity contribution < 1.29 is 0 Å². The fourth-order valence-corrected chi connectivity index (χ4v) is 2.95. The number of hydrogen-bond donors (Lipinski definition) is 0. The Balaban J connectivity index is 2.07. The normalized spacial score (nSPS) is 11.0. The molecule has 0 aliphatic rings. The molecule has 0 saturated carbocycles. The van der Waals surface area contributed by atoms with E-state index in [4.69, 9.17) is 4.98 Å². The monoisotopic (exact) mass is 268 g/mol. The average Bonchev–Trinajstić information content (AvgIpc) is 2.79. The number of nitrogens with zero attached hydrogens (tertiary/aromatic N) is 2. The minimum atomic E-state index is 0.879. The minimum absolute atomic E-state index is 0.879. The van der Waals surface area contributed by atoms with Crippen LogP contribution in [0, 0.1) is 0 Å². The molecular weight excluding hydrogens is 252 g/mol. The van der Waals surface area contributed by atoms with Crippen molar-refractivity contribution in [1.82, 2.24) is 9.55 Å². The molecule has 0 amide bonds. The molecule has 1 heterocycles. The maximum atomic E-state index is 4.72. The van der Waals surface area contributed by atoms with E-state index in [1.165, 1.54) is 11.1 Å². The second-order valence-corrected chi connectivity index (χ2v) is 5.62. The lowest BCUT2D eigenvalue weighted by atomic mass is 10.2. The summed E-state index contributed by atoms with van der Waals surface area (Å²) < 4.78 is 2.30. The molecule has 0 saturated heterocycles. The largest absolute Gasteiger partial charge is 0.314 e. The van der Waals surface area contributed by atoms with E-state index in [1.54, 1.807) is 11.8 Å². The predicted octanol–water partition coefficient (Wildman–Crippen LogP) is 4.20. The van der Waals surface area contributed by atoms with Crippen molar-refractivity contribution >= 4 is 22.8 Å². The van der Waals surface area contributed by atoms with Gasteiger partial charge in [0.2, 0.25) is 0 Å². The van der Waals surface area contributed by atoms with Crippen LogP contribution in [0.1, 0.15) is 12.5 Å². The van der Waals surface area contributed by atoms with Gasteiger partial charge in [0.1, 0.15) is 0 Å². The van der Waals surface area contributed by atoms with Crippen LogP contribution in [0.2, 0.25) is 0 Å². The molecule has 0 atom stereocenters. The van der Waals surface area contributed by atoms with E-state index >= 15 is 0 Å². The van der Waals surface area contributed by atoms with Crippen LogP contribution in [-0.2, 0) is 6.54 Å². The number of para-hydroxylation sites is 2. The Bertz CT molecular complexity index is 674. The van der Waals surface area contributed by atoms with Crippen molar-refractivity contribution in [3.8, 4) is 0 Å². The molecule has 1 aromatic heterocycles. The third-order valence-corrected chi connectivity index (χ3v) is 3.94. The zero-order chi connectivity index (χ0) is 13.1. The van der Waals surface area contributed by atoms with Gasteiger partial charge in [-0.25, -0.2) is 4.98 Å². The lowest BCUT2D eigenvalue weighted by Crippen LogP contribution is -2.01. The van der Waals surface area contributed by atoms with Crippen molar-refractivity contribution in [2.75, 3.05) is 5.75 Å². The Morgan fingerprint density at radius 2 is 1.74 bits per heavy atom. The van der Waals surface area contributed by atoms with Gasteiger partial charge in [-0.05, 0) is 23.4 Å². The lowest BCUT2D eigenvalue weighted by Gasteiger charge is -2.08. The van der Waals surface area contributed by atoms with Gasteiger partial charge in [0, 0.05) is 0 Å². The van der Waals surface area contributed by atoms with Crippen LogP contribution in [0.4, 0.5) is 0 Å². The van der Waals surface area contributed by atoms with Crippen LogP contribution in [0.5, 0.6) is 0 Å². The summed E-state index contributed by atoms with van der Waals surface area (Å²) in [5, 5.41) is 1.10. The van der Waals surface area contributed by atoms with Crippen LogP contribution < -0.4 is 0 Å². The number of benzene rings is 2. The van der Waals surface area contributed by atoms with Crippen molar-refractivity contribution in [3.63, 3.8) is 0 Å². The van der Waals surface area contributed by atoms with Crippen molar-refractivity contribution in [2.45, 2.75) is 18.6 Å². The van der Waals surface area contributed by atoms with Gasteiger partial charge in [0.05, 0.1) is 17.6 Å². The first kappa shape index (κ1) is 12.3. The van der Waals surface area contributed by atoms with Crippen molar-refractivity contribution in [1.29, 1.82) is 0 Å². The summed E-state index contributed by atoms with van der Waals surface area (Å²) in [5.74, 6) is 1.04. The molecule has 0 aliphatic heterocycles. The first-order valence-corrected chi connectivity index (χ1v) is 7.49. The molecule has 3 rings (SSSR count). The fourth-order valence-electron chi connectivity index (χ4n) is 2.21. The number of hydrogen-bond acceptors (Lipinski definition) is 2. The van der Waals surface area contributed by atoms with Crippen molar-refractivity contribution in [3.05, 3.63) is 60.2 Å². The molecule has 0 unspecified atom stereocenters. The van der Waals surface area contributed by atoms with Crippen LogP contribution >= 0.6 is 11.8 Å². The topological polar surface area (TPSA) is 17.8 Å². The molecule has 0 spiro atoms. The number of rotatable bonds is 4. The summed E-state index contributed by atoms with van der Waals surface area (Å²) >= 11 is 1.80. The predicted molar refractivity (Wildman–Crippen MR) is 81.7 cm³/mol. The third kappa shape index (κ3) is 2.51. The molecule has 2 aromatic carbocycles. The molecule has 3 heteroatoms. The van der Waals surface area contributed by atoms with Crippen LogP contribution in [-0.4, -0.2) is 15.3 Å². The van der Waals surface area contributed by atoms with E-state index in [-0.39, 0.29) is 0 Å². The SMILES string of the molecule is CCSc1nc2ccccc2n1Cc1ccccc1. The second kappa shape index (κ2) is 5.49. The molecule has 3 aromatic rings. The van der Waals surface area contributed by atoms with Crippen LogP contribution in [0.3, 0.4) is 0 Å². The first-order valence-electron chi connectivity index (χ1n) is 6.50. The number of fused-ring (bicyclic) bond motifs is 1. The maximum absolute atomic E-state index is 4.72. The molecule has 0 N–H and O–H groups in total. The highest BCUT2D eigenvalue weighted by atomic mass is 32.2. The van der Waals surface area contributed by atoms with Gasteiger partial charge >= 0.3 is 0 Å². The molecule has 0 fully saturated rings. The maximum Gasteiger partial charge on any atom is 0.169 e. The first-order chi connectivity index (χ1) is 9.38. The zero-order valence-corrected chi connectivity index (χ0v) is 11.7. The summed E-state index contributed by atoms with van der Waals surface area (Å²) in [4.78, 5) is 4.72. The van der Waals surface area contributed by atoms with Gasteiger partial charge in [-0.2, -0.15) is 0 Å². The van der Waals surface area contributed by atoms with Crippen LogP contribution in [0.15, 0.2) is 59.8 Å². The Hall–Kier alpha value is -1.74. The molecule has 0 bridgehead atoms. The van der Waals surface area contributed by atoms with Gasteiger partial charge < -0.3 is 4.57 Å². The summed E-state index contributed by atoms with van der Waals surface area (Å²) in [7, 11) is 0.